The van der Waals surface area contributed by atoms with Crippen LogP contribution in [0.2, 0.25) is 0 Å². The normalized spacial score (nSPS) is 30.2. The summed E-state index contributed by atoms with van der Waals surface area (Å²) >= 11 is 0. The Labute approximate surface area is 106 Å². The summed E-state index contributed by atoms with van der Waals surface area (Å²) in [6.45, 7) is 8.20. The van der Waals surface area contributed by atoms with E-state index in [1.807, 2.05) is 0 Å². The second-order valence-electron chi connectivity index (χ2n) is 6.15. The van der Waals surface area contributed by atoms with Gasteiger partial charge < -0.3 is 15.5 Å². The number of nitrogens with two attached hydrogens (primary N) is 1. The molecule has 1 aliphatic carbocycles. The molecule has 3 heteroatoms. The first-order chi connectivity index (χ1) is 8.19. The molecule has 17 heavy (non-hydrogen) atoms. The van der Waals surface area contributed by atoms with Gasteiger partial charge in [-0.3, -0.25) is 0 Å². The fraction of sp³-hybridized carbons (Fsp3) is 1.00. The first kappa shape index (κ1) is 13.3. The zero-order valence-electron chi connectivity index (χ0n) is 11.6. The Bertz CT molecular complexity index is 232. The van der Waals surface area contributed by atoms with Crippen molar-refractivity contribution < 1.29 is 0 Å². The summed E-state index contributed by atoms with van der Waals surface area (Å²) < 4.78 is 0. The van der Waals surface area contributed by atoms with Crippen molar-refractivity contribution in [1.82, 2.24) is 9.80 Å². The van der Waals surface area contributed by atoms with Gasteiger partial charge in [0, 0.05) is 25.7 Å². The third-order valence-electron chi connectivity index (χ3n) is 5.14. The van der Waals surface area contributed by atoms with Crippen LogP contribution in [0.3, 0.4) is 0 Å². The third-order valence-corrected chi connectivity index (χ3v) is 5.14. The average molecular weight is 239 g/mol. The molecule has 0 spiro atoms. The van der Waals surface area contributed by atoms with Crippen LogP contribution in [-0.4, -0.2) is 55.6 Å². The van der Waals surface area contributed by atoms with Crippen molar-refractivity contribution in [3.05, 3.63) is 0 Å². The van der Waals surface area contributed by atoms with Gasteiger partial charge >= 0.3 is 0 Å². The molecule has 0 aromatic heterocycles. The molecule has 2 aliphatic rings. The first-order valence-corrected chi connectivity index (χ1v) is 7.32. The van der Waals surface area contributed by atoms with Gasteiger partial charge in [0.15, 0.2) is 0 Å². The Morgan fingerprint density at radius 3 is 2.59 bits per heavy atom. The number of likely N-dealkylation sites (N-methyl/N-ethyl adjacent to an activating group) is 1. The highest BCUT2D eigenvalue weighted by atomic mass is 15.3. The van der Waals surface area contributed by atoms with Crippen LogP contribution in [0.15, 0.2) is 0 Å². The van der Waals surface area contributed by atoms with Gasteiger partial charge in [0.25, 0.3) is 0 Å². The highest BCUT2D eigenvalue weighted by molar-refractivity contribution is 4.90. The topological polar surface area (TPSA) is 32.5 Å². The lowest BCUT2D eigenvalue weighted by Gasteiger charge is -2.44. The lowest BCUT2D eigenvalue weighted by Crippen LogP contribution is -2.52. The monoisotopic (exact) mass is 239 g/mol. The maximum atomic E-state index is 5.93. The van der Waals surface area contributed by atoms with Gasteiger partial charge in [-0.1, -0.05) is 13.3 Å². The quantitative estimate of drug-likeness (QED) is 0.790. The Hall–Kier alpha value is -0.120. The largest absolute Gasteiger partial charge is 0.330 e. The lowest BCUT2D eigenvalue weighted by molar-refractivity contribution is 0.0607. The molecule has 2 N–H and O–H groups in total. The minimum absolute atomic E-state index is 0.519. The molecule has 2 rings (SSSR count). The molecule has 0 aromatic carbocycles. The highest BCUT2D eigenvalue weighted by Gasteiger charge is 2.35. The number of hydrogen-bond donors (Lipinski definition) is 1. The van der Waals surface area contributed by atoms with Crippen molar-refractivity contribution in [2.75, 3.05) is 39.8 Å². The van der Waals surface area contributed by atoms with E-state index in [2.05, 4.69) is 23.8 Å². The van der Waals surface area contributed by atoms with E-state index >= 15 is 0 Å². The zero-order valence-corrected chi connectivity index (χ0v) is 11.6. The highest BCUT2D eigenvalue weighted by Crippen LogP contribution is 2.43. The molecule has 3 nitrogen and oxygen atoms in total. The number of hydrogen-bond acceptors (Lipinski definition) is 3. The van der Waals surface area contributed by atoms with Crippen LogP contribution < -0.4 is 5.73 Å². The summed E-state index contributed by atoms with van der Waals surface area (Å²) in [5.74, 6) is 0. The van der Waals surface area contributed by atoms with E-state index in [1.165, 1.54) is 58.3 Å². The van der Waals surface area contributed by atoms with Crippen molar-refractivity contribution in [3.8, 4) is 0 Å². The molecule has 1 unspecified atom stereocenters. The maximum absolute atomic E-state index is 5.93. The molecule has 1 saturated carbocycles. The summed E-state index contributed by atoms with van der Waals surface area (Å²) in [6, 6.07) is 0.763. The fourth-order valence-electron chi connectivity index (χ4n) is 3.28. The standard InChI is InChI=1S/C14H29N3/c1-3-13-11-17(10-9-16(13)2)8-7-14(12-15)5-4-6-14/h13H,3-12,15H2,1-2H3. The maximum Gasteiger partial charge on any atom is 0.0218 e. The van der Waals surface area contributed by atoms with Crippen molar-refractivity contribution in [2.45, 2.75) is 45.1 Å². The SMILES string of the molecule is CCC1CN(CCC2(CN)CCC2)CCN1C. The van der Waals surface area contributed by atoms with Gasteiger partial charge in [0.2, 0.25) is 0 Å². The Kier molecular flexibility index (Phi) is 4.45. The molecule has 1 aliphatic heterocycles. The third kappa shape index (κ3) is 3.01. The molecule has 0 bridgehead atoms. The molecular formula is C14H29N3. The number of piperazine rings is 1. The predicted octanol–water partition coefficient (Wildman–Crippen LogP) is 1.53. The van der Waals surface area contributed by atoms with Crippen molar-refractivity contribution in [2.24, 2.45) is 11.1 Å². The van der Waals surface area contributed by atoms with Crippen LogP contribution in [0.1, 0.15) is 39.0 Å². The smallest absolute Gasteiger partial charge is 0.0218 e. The van der Waals surface area contributed by atoms with E-state index in [0.29, 0.717) is 5.41 Å². The predicted molar refractivity (Wildman–Crippen MR) is 73.1 cm³/mol. The summed E-state index contributed by atoms with van der Waals surface area (Å²) in [7, 11) is 2.26. The molecular weight excluding hydrogens is 210 g/mol. The molecule has 1 saturated heterocycles. The summed E-state index contributed by atoms with van der Waals surface area (Å²) in [4.78, 5) is 5.17. The van der Waals surface area contributed by atoms with E-state index in [-0.39, 0.29) is 0 Å². The molecule has 1 heterocycles. The Morgan fingerprint density at radius 1 is 1.29 bits per heavy atom. The summed E-state index contributed by atoms with van der Waals surface area (Å²) in [6.07, 6.45) is 6.74. The molecule has 0 aromatic rings. The molecule has 1 atom stereocenters. The minimum Gasteiger partial charge on any atom is -0.330 e. The van der Waals surface area contributed by atoms with E-state index in [9.17, 15) is 0 Å². The van der Waals surface area contributed by atoms with Crippen LogP contribution in [0.4, 0.5) is 0 Å². The molecule has 2 fully saturated rings. The zero-order chi connectivity index (χ0) is 12.3. The van der Waals surface area contributed by atoms with Crippen molar-refractivity contribution in [1.29, 1.82) is 0 Å². The second kappa shape index (κ2) is 5.68. The average Bonchev–Trinajstić information content (AvgIpc) is 2.30. The molecule has 0 radical (unpaired) electrons. The van der Waals surface area contributed by atoms with Gasteiger partial charge in [-0.25, -0.2) is 0 Å². The van der Waals surface area contributed by atoms with Gasteiger partial charge in [0.1, 0.15) is 0 Å². The van der Waals surface area contributed by atoms with Crippen LogP contribution in [0.25, 0.3) is 0 Å². The van der Waals surface area contributed by atoms with E-state index in [1.54, 1.807) is 0 Å². The lowest BCUT2D eigenvalue weighted by atomic mass is 9.66. The second-order valence-corrected chi connectivity index (χ2v) is 6.15. The Balaban J connectivity index is 1.76. The van der Waals surface area contributed by atoms with Gasteiger partial charge in [-0.15, -0.1) is 0 Å². The van der Waals surface area contributed by atoms with Crippen molar-refractivity contribution in [3.63, 3.8) is 0 Å². The van der Waals surface area contributed by atoms with Gasteiger partial charge in [0.05, 0.1) is 0 Å². The molecule has 0 amide bonds. The fourth-order valence-corrected chi connectivity index (χ4v) is 3.28. The van der Waals surface area contributed by atoms with Crippen LogP contribution in [0.5, 0.6) is 0 Å². The van der Waals surface area contributed by atoms with Crippen LogP contribution >= 0.6 is 0 Å². The van der Waals surface area contributed by atoms with Crippen molar-refractivity contribution >= 4 is 0 Å². The van der Waals surface area contributed by atoms with Crippen LogP contribution in [-0.2, 0) is 0 Å². The van der Waals surface area contributed by atoms with E-state index in [4.69, 9.17) is 5.73 Å². The van der Waals surface area contributed by atoms with Crippen LogP contribution in [0, 0.1) is 5.41 Å². The number of nitrogens with zero attached hydrogens (tertiary/aromatic N) is 2. The van der Waals surface area contributed by atoms with Gasteiger partial charge in [-0.2, -0.15) is 0 Å². The number of rotatable bonds is 5. The summed E-state index contributed by atoms with van der Waals surface area (Å²) in [5.41, 5.74) is 6.45. The van der Waals surface area contributed by atoms with E-state index < -0.39 is 0 Å². The molecule has 100 valence electrons. The Morgan fingerprint density at radius 2 is 2.06 bits per heavy atom. The minimum atomic E-state index is 0.519. The first-order valence-electron chi connectivity index (χ1n) is 7.32. The van der Waals surface area contributed by atoms with E-state index in [0.717, 1.165) is 12.6 Å². The van der Waals surface area contributed by atoms with Gasteiger partial charge in [-0.05, 0) is 51.2 Å². The summed E-state index contributed by atoms with van der Waals surface area (Å²) in [5, 5.41) is 0.